The molecule has 0 N–H and O–H groups in total. The molecule has 6 heteroatoms. The molecule has 0 spiro atoms. The van der Waals surface area contributed by atoms with Gasteiger partial charge in [-0.2, -0.15) is 0 Å². The standard InChI is InChI=1S/C16H26O6/c1-6-15(7-2)19-10-8-12-16(13(17)18-5,9-11(10)20-15)22-14(3,4)21-12/h10-12H,6-9H2,1-5H3/t10-,11+,12-,16+/m0/s1. The highest BCUT2D eigenvalue weighted by Gasteiger charge is 2.66. The van der Waals surface area contributed by atoms with Gasteiger partial charge < -0.3 is 23.7 Å². The zero-order chi connectivity index (χ0) is 16.2. The van der Waals surface area contributed by atoms with Gasteiger partial charge in [-0.15, -0.1) is 0 Å². The Balaban J connectivity index is 1.88. The van der Waals surface area contributed by atoms with Crippen molar-refractivity contribution in [1.29, 1.82) is 0 Å². The Morgan fingerprint density at radius 2 is 1.77 bits per heavy atom. The van der Waals surface area contributed by atoms with E-state index in [1.165, 1.54) is 7.11 Å². The Morgan fingerprint density at radius 1 is 1.14 bits per heavy atom. The minimum atomic E-state index is -1.10. The Bertz CT molecular complexity index is 458. The molecule has 3 aliphatic rings. The summed E-state index contributed by atoms with van der Waals surface area (Å²) in [5, 5.41) is 0. The van der Waals surface area contributed by atoms with Crippen LogP contribution in [0.5, 0.6) is 0 Å². The summed E-state index contributed by atoms with van der Waals surface area (Å²) in [7, 11) is 1.38. The van der Waals surface area contributed by atoms with Crippen LogP contribution in [0, 0.1) is 0 Å². The van der Waals surface area contributed by atoms with E-state index in [4.69, 9.17) is 23.7 Å². The molecule has 2 heterocycles. The van der Waals surface area contributed by atoms with E-state index in [-0.39, 0.29) is 18.3 Å². The first-order valence-electron chi connectivity index (χ1n) is 8.12. The van der Waals surface area contributed by atoms with Crippen molar-refractivity contribution >= 4 is 5.97 Å². The van der Waals surface area contributed by atoms with E-state index in [0.717, 1.165) is 12.8 Å². The molecule has 0 radical (unpaired) electrons. The fourth-order valence-electron chi connectivity index (χ4n) is 4.00. The van der Waals surface area contributed by atoms with Gasteiger partial charge in [0.2, 0.25) is 0 Å². The third-order valence-electron chi connectivity index (χ3n) is 5.08. The van der Waals surface area contributed by atoms with Crippen molar-refractivity contribution in [3.63, 3.8) is 0 Å². The van der Waals surface area contributed by atoms with Gasteiger partial charge in [0.25, 0.3) is 0 Å². The molecular formula is C16H26O6. The summed E-state index contributed by atoms with van der Waals surface area (Å²) in [6, 6.07) is 0. The van der Waals surface area contributed by atoms with Gasteiger partial charge in [0.1, 0.15) is 6.10 Å². The van der Waals surface area contributed by atoms with Crippen LogP contribution in [-0.2, 0) is 28.5 Å². The zero-order valence-corrected chi connectivity index (χ0v) is 14.0. The second-order valence-corrected chi connectivity index (χ2v) is 6.86. The molecule has 0 amide bonds. The van der Waals surface area contributed by atoms with Crippen LogP contribution in [-0.4, -0.2) is 48.6 Å². The van der Waals surface area contributed by atoms with Crippen LogP contribution in [0.2, 0.25) is 0 Å². The molecule has 3 rings (SSSR count). The van der Waals surface area contributed by atoms with Crippen molar-refractivity contribution in [2.75, 3.05) is 7.11 Å². The minimum Gasteiger partial charge on any atom is -0.467 e. The number of methoxy groups -OCH3 is 1. The van der Waals surface area contributed by atoms with Gasteiger partial charge in [-0.1, -0.05) is 13.8 Å². The second-order valence-electron chi connectivity index (χ2n) is 6.86. The van der Waals surface area contributed by atoms with E-state index in [1.54, 1.807) is 0 Å². The quantitative estimate of drug-likeness (QED) is 0.744. The summed E-state index contributed by atoms with van der Waals surface area (Å²) in [5.41, 5.74) is -1.10. The van der Waals surface area contributed by atoms with Crippen LogP contribution in [0.3, 0.4) is 0 Å². The molecule has 0 aromatic heterocycles. The Morgan fingerprint density at radius 3 is 2.36 bits per heavy atom. The number of esters is 1. The van der Waals surface area contributed by atoms with Crippen molar-refractivity contribution < 1.29 is 28.5 Å². The van der Waals surface area contributed by atoms with Crippen LogP contribution >= 0.6 is 0 Å². The minimum absolute atomic E-state index is 0.0693. The Kier molecular flexibility index (Phi) is 3.79. The van der Waals surface area contributed by atoms with Gasteiger partial charge in [-0.25, -0.2) is 4.79 Å². The lowest BCUT2D eigenvalue weighted by Gasteiger charge is -2.38. The number of carbonyl (C=O) groups excluding carboxylic acids is 1. The number of carbonyl (C=O) groups is 1. The maximum Gasteiger partial charge on any atom is 0.341 e. The monoisotopic (exact) mass is 314 g/mol. The lowest BCUT2D eigenvalue weighted by molar-refractivity contribution is -0.200. The average Bonchev–Trinajstić information content (AvgIpc) is 2.96. The summed E-state index contributed by atoms with van der Waals surface area (Å²) < 4.78 is 29.3. The molecule has 3 fully saturated rings. The van der Waals surface area contributed by atoms with E-state index in [9.17, 15) is 4.79 Å². The van der Waals surface area contributed by atoms with Crippen molar-refractivity contribution in [3.8, 4) is 0 Å². The normalized spacial score (nSPS) is 41.8. The largest absolute Gasteiger partial charge is 0.467 e. The van der Waals surface area contributed by atoms with Gasteiger partial charge >= 0.3 is 5.97 Å². The molecule has 1 aliphatic carbocycles. The fraction of sp³-hybridized carbons (Fsp3) is 0.938. The molecule has 0 aromatic rings. The van der Waals surface area contributed by atoms with E-state index in [2.05, 4.69) is 0 Å². The van der Waals surface area contributed by atoms with E-state index < -0.39 is 23.1 Å². The Labute approximate surface area is 131 Å². The van der Waals surface area contributed by atoms with E-state index in [1.807, 2.05) is 27.7 Å². The predicted molar refractivity (Wildman–Crippen MR) is 77.1 cm³/mol. The number of hydrogen-bond donors (Lipinski definition) is 0. The van der Waals surface area contributed by atoms with Crippen LogP contribution in [0.4, 0.5) is 0 Å². The molecule has 126 valence electrons. The molecular weight excluding hydrogens is 288 g/mol. The maximum atomic E-state index is 12.4. The highest BCUT2D eigenvalue weighted by molar-refractivity contribution is 5.81. The Hall–Kier alpha value is -0.690. The number of fused-ring (bicyclic) bond motifs is 2. The number of hydrogen-bond acceptors (Lipinski definition) is 6. The molecule has 1 saturated carbocycles. The molecule has 4 atom stereocenters. The fourth-order valence-corrected chi connectivity index (χ4v) is 4.00. The van der Waals surface area contributed by atoms with Gasteiger partial charge in [0, 0.05) is 12.8 Å². The van der Waals surface area contributed by atoms with Crippen LogP contribution in [0.1, 0.15) is 53.4 Å². The smallest absolute Gasteiger partial charge is 0.341 e. The van der Waals surface area contributed by atoms with Gasteiger partial charge in [0.15, 0.2) is 17.2 Å². The van der Waals surface area contributed by atoms with E-state index >= 15 is 0 Å². The molecule has 0 aromatic carbocycles. The summed E-state index contributed by atoms with van der Waals surface area (Å²) in [6.45, 7) is 7.73. The molecule has 0 bridgehead atoms. The highest BCUT2D eigenvalue weighted by atomic mass is 16.8. The molecule has 22 heavy (non-hydrogen) atoms. The molecule has 2 saturated heterocycles. The molecule has 2 aliphatic heterocycles. The SMILES string of the molecule is CCC1(CC)O[C@H]2C[C@@H]3OC(C)(C)O[C@]3(C(=O)OC)C[C@H]2O1. The van der Waals surface area contributed by atoms with Crippen LogP contribution < -0.4 is 0 Å². The highest BCUT2D eigenvalue weighted by Crippen LogP contribution is 2.51. The van der Waals surface area contributed by atoms with Crippen molar-refractivity contribution in [3.05, 3.63) is 0 Å². The van der Waals surface area contributed by atoms with Gasteiger partial charge in [-0.05, 0) is 26.7 Å². The summed E-state index contributed by atoms with van der Waals surface area (Å²) in [6.07, 6.45) is 1.92. The van der Waals surface area contributed by atoms with E-state index in [0.29, 0.717) is 12.8 Å². The van der Waals surface area contributed by atoms with Crippen molar-refractivity contribution in [1.82, 2.24) is 0 Å². The van der Waals surface area contributed by atoms with Crippen LogP contribution in [0.25, 0.3) is 0 Å². The topological polar surface area (TPSA) is 63.2 Å². The third-order valence-corrected chi connectivity index (χ3v) is 5.08. The second kappa shape index (κ2) is 5.16. The average molecular weight is 314 g/mol. The first-order chi connectivity index (χ1) is 10.3. The summed E-state index contributed by atoms with van der Waals surface area (Å²) in [5.74, 6) is -1.76. The van der Waals surface area contributed by atoms with Crippen molar-refractivity contribution in [2.45, 2.75) is 88.9 Å². The summed E-state index contributed by atoms with van der Waals surface area (Å²) >= 11 is 0. The maximum absolute atomic E-state index is 12.4. The summed E-state index contributed by atoms with van der Waals surface area (Å²) in [4.78, 5) is 12.4. The number of rotatable bonds is 3. The number of ether oxygens (including phenoxy) is 5. The lowest BCUT2D eigenvalue weighted by Crippen LogP contribution is -2.57. The van der Waals surface area contributed by atoms with Crippen molar-refractivity contribution in [2.24, 2.45) is 0 Å². The van der Waals surface area contributed by atoms with Gasteiger partial charge in [-0.3, -0.25) is 0 Å². The molecule has 0 unspecified atom stereocenters. The lowest BCUT2D eigenvalue weighted by atomic mass is 9.79. The zero-order valence-electron chi connectivity index (χ0n) is 14.0. The van der Waals surface area contributed by atoms with Crippen LogP contribution in [0.15, 0.2) is 0 Å². The first-order valence-corrected chi connectivity index (χ1v) is 8.12. The first kappa shape index (κ1) is 16.2. The third kappa shape index (κ3) is 2.28. The molecule has 6 nitrogen and oxygen atoms in total. The predicted octanol–water partition coefficient (Wildman–Crippen LogP) is 2.14. The van der Waals surface area contributed by atoms with Gasteiger partial charge in [0.05, 0.1) is 19.3 Å².